The summed E-state index contributed by atoms with van der Waals surface area (Å²) < 4.78 is 10.5. The molecule has 0 unspecified atom stereocenters. The average Bonchev–Trinajstić information content (AvgIpc) is 2.83. The number of hydrogen-bond acceptors (Lipinski definition) is 5. The highest BCUT2D eigenvalue weighted by Gasteiger charge is 2.21. The Morgan fingerprint density at radius 2 is 2.11 bits per heavy atom. The minimum atomic E-state index is -1.17. The third-order valence-corrected chi connectivity index (χ3v) is 3.15. The number of aromatic carboxylic acids is 1. The fourth-order valence-electron chi connectivity index (χ4n) is 1.53. The Hall–Kier alpha value is -1.95. The van der Waals surface area contributed by atoms with Crippen LogP contribution >= 0.6 is 11.8 Å². The lowest BCUT2D eigenvalue weighted by atomic mass is 10.2. The van der Waals surface area contributed by atoms with Gasteiger partial charge in [-0.1, -0.05) is 0 Å². The lowest BCUT2D eigenvalue weighted by Gasteiger charge is -1.98. The van der Waals surface area contributed by atoms with Gasteiger partial charge in [0.15, 0.2) is 0 Å². The van der Waals surface area contributed by atoms with Gasteiger partial charge in [0.05, 0.1) is 6.61 Å². The van der Waals surface area contributed by atoms with E-state index in [0.29, 0.717) is 12.2 Å². The highest BCUT2D eigenvalue weighted by Crippen LogP contribution is 2.28. The zero-order chi connectivity index (χ0) is 13.8. The summed E-state index contributed by atoms with van der Waals surface area (Å²) in [5.74, 6) is -0.980. The molecule has 0 amide bonds. The van der Waals surface area contributed by atoms with E-state index in [1.165, 1.54) is 0 Å². The van der Waals surface area contributed by atoms with E-state index in [0.717, 1.165) is 4.90 Å². The van der Waals surface area contributed by atoms with Crippen LogP contribution < -0.4 is 4.74 Å². The summed E-state index contributed by atoms with van der Waals surface area (Å²) in [6.45, 7) is 2.07. The van der Waals surface area contributed by atoms with Crippen LogP contribution in [0, 0.1) is 0 Å². The molecule has 0 atom stereocenters. The summed E-state index contributed by atoms with van der Waals surface area (Å²) in [6, 6.07) is 7.51. The summed E-state index contributed by atoms with van der Waals surface area (Å²) >= 11 is 1.62. The quantitative estimate of drug-likeness (QED) is 0.847. The number of ether oxygens (including phenoxy) is 1. The number of benzene rings is 1. The van der Waals surface area contributed by atoms with Crippen molar-refractivity contribution in [3.05, 3.63) is 30.0 Å². The summed E-state index contributed by atoms with van der Waals surface area (Å²) in [4.78, 5) is 16.1. The van der Waals surface area contributed by atoms with Gasteiger partial charge in [0.25, 0.3) is 0 Å². The molecular formula is C13H13NO4S. The van der Waals surface area contributed by atoms with Gasteiger partial charge in [0.1, 0.15) is 0 Å². The Morgan fingerprint density at radius 3 is 2.63 bits per heavy atom. The maximum Gasteiger partial charge on any atom is 0.362 e. The lowest BCUT2D eigenvalue weighted by Crippen LogP contribution is -2.01. The Labute approximate surface area is 114 Å². The predicted octanol–water partition coefficient (Wildman–Crippen LogP) is 3.16. The smallest absolute Gasteiger partial charge is 0.362 e. The van der Waals surface area contributed by atoms with Gasteiger partial charge in [-0.3, -0.25) is 0 Å². The van der Waals surface area contributed by atoms with E-state index in [2.05, 4.69) is 4.98 Å². The van der Waals surface area contributed by atoms with Crippen molar-refractivity contribution in [3.63, 3.8) is 0 Å². The third-order valence-electron chi connectivity index (χ3n) is 2.41. The van der Waals surface area contributed by atoms with Gasteiger partial charge >= 0.3 is 11.9 Å². The maximum absolute atomic E-state index is 11.0. The second kappa shape index (κ2) is 5.79. The molecule has 1 N–H and O–H groups in total. The monoisotopic (exact) mass is 279 g/mol. The first-order valence-corrected chi connectivity index (χ1v) is 6.89. The van der Waals surface area contributed by atoms with Gasteiger partial charge in [0.2, 0.25) is 11.6 Å². The van der Waals surface area contributed by atoms with Gasteiger partial charge in [0, 0.05) is 10.5 Å². The van der Waals surface area contributed by atoms with Gasteiger partial charge in [-0.05, 0) is 37.4 Å². The number of nitrogens with zero attached hydrogens (tertiary/aromatic N) is 1. The van der Waals surface area contributed by atoms with Crippen LogP contribution in [-0.4, -0.2) is 28.9 Å². The lowest BCUT2D eigenvalue weighted by molar-refractivity contribution is 0.0683. The first-order chi connectivity index (χ1) is 9.15. The van der Waals surface area contributed by atoms with Crippen molar-refractivity contribution in [2.45, 2.75) is 11.8 Å². The van der Waals surface area contributed by atoms with Crippen molar-refractivity contribution < 1.29 is 19.1 Å². The number of rotatable bonds is 5. The van der Waals surface area contributed by atoms with Crippen LogP contribution in [-0.2, 0) is 0 Å². The second-order valence-electron chi connectivity index (χ2n) is 3.62. The fourth-order valence-corrected chi connectivity index (χ4v) is 1.94. The summed E-state index contributed by atoms with van der Waals surface area (Å²) in [5, 5.41) is 9.03. The van der Waals surface area contributed by atoms with Crippen LogP contribution in [0.3, 0.4) is 0 Å². The standard InChI is InChI=1S/C13H13NO4S/c1-3-17-13-10(12(15)16)14-11(18-13)8-4-6-9(19-2)7-5-8/h4-7H,3H2,1-2H3,(H,15,16). The molecule has 0 fully saturated rings. The summed E-state index contributed by atoms with van der Waals surface area (Å²) in [5.41, 5.74) is 0.511. The molecule has 0 aliphatic rings. The minimum Gasteiger partial charge on any atom is -0.476 e. The van der Waals surface area contributed by atoms with E-state index in [4.69, 9.17) is 14.3 Å². The number of carboxylic acids is 1. The van der Waals surface area contributed by atoms with Crippen molar-refractivity contribution in [1.29, 1.82) is 0 Å². The van der Waals surface area contributed by atoms with Crippen LogP contribution in [0.4, 0.5) is 0 Å². The zero-order valence-corrected chi connectivity index (χ0v) is 11.4. The molecule has 0 aliphatic carbocycles. The molecule has 0 bridgehead atoms. The Balaban J connectivity index is 2.38. The van der Waals surface area contributed by atoms with Gasteiger partial charge in [-0.15, -0.1) is 11.8 Å². The first-order valence-electron chi connectivity index (χ1n) is 5.67. The number of oxazole rings is 1. The van der Waals surface area contributed by atoms with Gasteiger partial charge in [-0.25, -0.2) is 4.79 Å². The van der Waals surface area contributed by atoms with Crippen molar-refractivity contribution in [2.75, 3.05) is 12.9 Å². The second-order valence-corrected chi connectivity index (χ2v) is 4.50. The molecule has 6 heteroatoms. The Morgan fingerprint density at radius 1 is 1.42 bits per heavy atom. The van der Waals surface area contributed by atoms with Crippen molar-refractivity contribution >= 4 is 17.7 Å². The van der Waals surface area contributed by atoms with Crippen LogP contribution in [0.15, 0.2) is 33.6 Å². The predicted molar refractivity (Wildman–Crippen MR) is 71.8 cm³/mol. The number of thioether (sulfide) groups is 1. The van der Waals surface area contributed by atoms with Gasteiger partial charge in [-0.2, -0.15) is 4.98 Å². The van der Waals surface area contributed by atoms with E-state index in [9.17, 15) is 4.79 Å². The SMILES string of the molecule is CCOc1oc(-c2ccc(SC)cc2)nc1C(=O)O. The molecule has 0 radical (unpaired) electrons. The summed E-state index contributed by atoms with van der Waals surface area (Å²) in [6.07, 6.45) is 1.98. The number of carbonyl (C=O) groups is 1. The van der Waals surface area contributed by atoms with Crippen LogP contribution in [0.2, 0.25) is 0 Å². The fraction of sp³-hybridized carbons (Fsp3) is 0.231. The minimum absolute atomic E-state index is 0.0565. The zero-order valence-electron chi connectivity index (χ0n) is 10.5. The topological polar surface area (TPSA) is 72.6 Å². The summed E-state index contributed by atoms with van der Waals surface area (Å²) in [7, 11) is 0. The Kier molecular flexibility index (Phi) is 4.11. The molecule has 1 aromatic carbocycles. The largest absolute Gasteiger partial charge is 0.476 e. The van der Waals surface area contributed by atoms with E-state index >= 15 is 0 Å². The van der Waals surface area contributed by atoms with Crippen LogP contribution in [0.25, 0.3) is 11.5 Å². The molecular weight excluding hydrogens is 266 g/mol. The van der Waals surface area contributed by atoms with Crippen LogP contribution in [0.1, 0.15) is 17.4 Å². The van der Waals surface area contributed by atoms with Crippen molar-refractivity contribution in [1.82, 2.24) is 4.98 Å². The van der Waals surface area contributed by atoms with Crippen molar-refractivity contribution in [2.24, 2.45) is 0 Å². The molecule has 0 aliphatic heterocycles. The number of hydrogen-bond donors (Lipinski definition) is 1. The van der Waals surface area contributed by atoms with Gasteiger partial charge < -0.3 is 14.3 Å². The maximum atomic E-state index is 11.0. The highest BCUT2D eigenvalue weighted by molar-refractivity contribution is 7.98. The Bertz CT molecular complexity index is 577. The molecule has 2 rings (SSSR count). The molecule has 1 aromatic heterocycles. The van der Waals surface area contributed by atoms with Crippen molar-refractivity contribution in [3.8, 4) is 17.4 Å². The molecule has 0 spiro atoms. The molecule has 19 heavy (non-hydrogen) atoms. The van der Waals surface area contributed by atoms with E-state index in [-0.39, 0.29) is 17.5 Å². The molecule has 0 saturated carbocycles. The average molecular weight is 279 g/mol. The molecule has 2 aromatic rings. The normalized spacial score (nSPS) is 10.4. The van der Waals surface area contributed by atoms with E-state index in [1.54, 1.807) is 18.7 Å². The molecule has 100 valence electrons. The first kappa shape index (κ1) is 13.5. The van der Waals surface area contributed by atoms with E-state index < -0.39 is 5.97 Å². The molecule has 5 nitrogen and oxygen atoms in total. The molecule has 0 saturated heterocycles. The van der Waals surface area contributed by atoms with E-state index in [1.807, 2.05) is 30.5 Å². The van der Waals surface area contributed by atoms with Crippen LogP contribution in [0.5, 0.6) is 5.95 Å². The number of carboxylic acid groups (broad SMARTS) is 1. The molecule has 1 heterocycles. The third kappa shape index (κ3) is 2.90. The number of aromatic nitrogens is 1. The highest BCUT2D eigenvalue weighted by atomic mass is 32.2.